The van der Waals surface area contributed by atoms with Gasteiger partial charge in [0.15, 0.2) is 0 Å². The number of benzene rings is 2. The molecule has 5 heteroatoms. The maximum absolute atomic E-state index is 12.2. The van der Waals surface area contributed by atoms with E-state index in [1.807, 2.05) is 36.4 Å². The highest BCUT2D eigenvalue weighted by atomic mass is 35.5. The predicted molar refractivity (Wildman–Crippen MR) is 89.9 cm³/mol. The number of amides is 1. The molecule has 2 rings (SSSR count). The monoisotopic (exact) mass is 326 g/mol. The van der Waals surface area contributed by atoms with Gasteiger partial charge in [0, 0.05) is 17.1 Å². The van der Waals surface area contributed by atoms with Gasteiger partial charge in [-0.25, -0.2) is 0 Å². The molecule has 4 nitrogen and oxygen atoms in total. The maximum atomic E-state index is 12.2. The summed E-state index contributed by atoms with van der Waals surface area (Å²) in [5.41, 5.74) is 1.52. The Kier molecular flexibility index (Phi) is 5.79. The summed E-state index contributed by atoms with van der Waals surface area (Å²) >= 11 is 5.95. The van der Waals surface area contributed by atoms with Gasteiger partial charge in [-0.1, -0.05) is 41.9 Å². The van der Waals surface area contributed by atoms with Crippen LogP contribution < -0.4 is 10.1 Å². The minimum absolute atomic E-state index is 0.0125. The second kappa shape index (κ2) is 8.02. The molecule has 0 atom stereocenters. The number of methoxy groups -OCH3 is 1. The number of nitriles is 1. The number of nitrogens with one attached hydrogen (secondary N) is 1. The number of hydrogen-bond acceptors (Lipinski definition) is 3. The molecule has 1 N–H and O–H groups in total. The number of hydrogen-bond donors (Lipinski definition) is 1. The number of rotatable bonds is 5. The lowest BCUT2D eigenvalue weighted by molar-refractivity contribution is -0.117. The van der Waals surface area contributed by atoms with Crippen LogP contribution in [0.15, 0.2) is 54.1 Å². The number of nitrogens with zero attached hydrogens (tertiary/aromatic N) is 1. The number of carbonyl (C=O) groups is 1. The van der Waals surface area contributed by atoms with E-state index < -0.39 is 5.91 Å². The lowest BCUT2D eigenvalue weighted by Gasteiger charge is -2.07. The van der Waals surface area contributed by atoms with Crippen molar-refractivity contribution in [2.24, 2.45) is 0 Å². The third kappa shape index (κ3) is 4.60. The van der Waals surface area contributed by atoms with Gasteiger partial charge in [0.1, 0.15) is 17.4 Å². The number of ether oxygens (including phenoxy) is 1. The first kappa shape index (κ1) is 16.6. The van der Waals surface area contributed by atoms with E-state index in [0.717, 1.165) is 5.56 Å². The van der Waals surface area contributed by atoms with Gasteiger partial charge in [-0.15, -0.1) is 0 Å². The summed E-state index contributed by atoms with van der Waals surface area (Å²) in [4.78, 5) is 12.2. The molecule has 0 aliphatic rings. The fourth-order valence-corrected chi connectivity index (χ4v) is 2.18. The van der Waals surface area contributed by atoms with Crippen LogP contribution in [-0.2, 0) is 11.3 Å². The van der Waals surface area contributed by atoms with E-state index in [9.17, 15) is 10.1 Å². The smallest absolute Gasteiger partial charge is 0.262 e. The van der Waals surface area contributed by atoms with Gasteiger partial charge in [0.25, 0.3) is 5.91 Å². The zero-order valence-corrected chi connectivity index (χ0v) is 13.3. The van der Waals surface area contributed by atoms with E-state index in [0.29, 0.717) is 22.9 Å². The third-order valence-electron chi connectivity index (χ3n) is 3.15. The topological polar surface area (TPSA) is 62.1 Å². The molecule has 0 aromatic heterocycles. The molecule has 0 unspecified atom stereocenters. The molecule has 0 bridgehead atoms. The Hall–Kier alpha value is -2.77. The van der Waals surface area contributed by atoms with Crippen molar-refractivity contribution in [3.05, 3.63) is 70.3 Å². The van der Waals surface area contributed by atoms with Crippen LogP contribution in [0.2, 0.25) is 5.02 Å². The molecule has 0 fully saturated rings. The molecule has 23 heavy (non-hydrogen) atoms. The zero-order chi connectivity index (χ0) is 16.7. The average Bonchev–Trinajstić information content (AvgIpc) is 2.58. The van der Waals surface area contributed by atoms with Crippen LogP contribution >= 0.6 is 11.6 Å². The molecule has 0 heterocycles. The van der Waals surface area contributed by atoms with Crippen LogP contribution in [0.25, 0.3) is 6.08 Å². The molecule has 2 aromatic rings. The quantitative estimate of drug-likeness (QED) is 0.675. The van der Waals surface area contributed by atoms with Crippen LogP contribution in [0.5, 0.6) is 5.75 Å². The molecule has 0 aliphatic heterocycles. The summed E-state index contributed by atoms with van der Waals surface area (Å²) in [6, 6.07) is 16.4. The van der Waals surface area contributed by atoms with Crippen molar-refractivity contribution < 1.29 is 9.53 Å². The highest BCUT2D eigenvalue weighted by Crippen LogP contribution is 2.24. The molecular formula is C18H15ClN2O2. The zero-order valence-electron chi connectivity index (χ0n) is 12.5. The van der Waals surface area contributed by atoms with Crippen molar-refractivity contribution in [2.45, 2.75) is 6.54 Å². The Morgan fingerprint density at radius 2 is 2.04 bits per heavy atom. The fraction of sp³-hybridized carbons (Fsp3) is 0.111. The SMILES string of the molecule is COc1ccc(Cl)cc1/C=C(\C#N)C(=O)NCc1ccccc1. The van der Waals surface area contributed by atoms with Gasteiger partial charge in [0.2, 0.25) is 0 Å². The molecule has 0 aliphatic carbocycles. The van der Waals surface area contributed by atoms with Crippen LogP contribution in [0.1, 0.15) is 11.1 Å². The largest absolute Gasteiger partial charge is 0.496 e. The van der Waals surface area contributed by atoms with Crippen molar-refractivity contribution in [3.8, 4) is 11.8 Å². The van der Waals surface area contributed by atoms with Crippen molar-refractivity contribution in [1.82, 2.24) is 5.32 Å². The van der Waals surface area contributed by atoms with E-state index >= 15 is 0 Å². The summed E-state index contributed by atoms with van der Waals surface area (Å²) < 4.78 is 5.21. The van der Waals surface area contributed by atoms with E-state index in [1.165, 1.54) is 13.2 Å². The second-order valence-corrected chi connectivity index (χ2v) is 5.16. The molecule has 116 valence electrons. The molecule has 0 saturated heterocycles. The highest BCUT2D eigenvalue weighted by Gasteiger charge is 2.11. The maximum Gasteiger partial charge on any atom is 0.262 e. The number of carbonyl (C=O) groups excluding carboxylic acids is 1. The summed E-state index contributed by atoms with van der Waals surface area (Å²) in [6.45, 7) is 0.353. The van der Waals surface area contributed by atoms with Gasteiger partial charge in [-0.05, 0) is 29.8 Å². The molecule has 1 amide bonds. The third-order valence-corrected chi connectivity index (χ3v) is 3.39. The number of halogens is 1. The van der Waals surface area contributed by atoms with Crippen LogP contribution in [0, 0.1) is 11.3 Å². The lowest BCUT2D eigenvalue weighted by atomic mass is 10.1. The van der Waals surface area contributed by atoms with E-state index in [-0.39, 0.29) is 5.57 Å². The summed E-state index contributed by atoms with van der Waals surface area (Å²) in [7, 11) is 1.52. The van der Waals surface area contributed by atoms with E-state index in [1.54, 1.807) is 18.2 Å². The minimum Gasteiger partial charge on any atom is -0.496 e. The standard InChI is InChI=1S/C18H15ClN2O2/c1-23-17-8-7-16(19)10-14(17)9-15(11-20)18(22)21-12-13-5-3-2-4-6-13/h2-10H,12H2,1H3,(H,21,22)/b15-9+. The Balaban J connectivity index is 2.17. The Labute approximate surface area is 140 Å². The first-order valence-electron chi connectivity index (χ1n) is 6.91. The highest BCUT2D eigenvalue weighted by molar-refractivity contribution is 6.30. The van der Waals surface area contributed by atoms with Gasteiger partial charge < -0.3 is 10.1 Å². The summed E-state index contributed by atoms with van der Waals surface area (Å²) in [6.07, 6.45) is 1.46. The molecule has 0 saturated carbocycles. The Morgan fingerprint density at radius 1 is 1.30 bits per heavy atom. The molecule has 0 spiro atoms. The average molecular weight is 327 g/mol. The van der Waals surface area contributed by atoms with Crippen molar-refractivity contribution in [1.29, 1.82) is 5.26 Å². The van der Waals surface area contributed by atoms with Crippen LogP contribution in [0.4, 0.5) is 0 Å². The first-order chi connectivity index (χ1) is 11.1. The van der Waals surface area contributed by atoms with E-state index in [2.05, 4.69) is 5.32 Å². The Bertz CT molecular complexity index is 764. The Morgan fingerprint density at radius 3 is 2.70 bits per heavy atom. The summed E-state index contributed by atoms with van der Waals surface area (Å²) in [5.74, 6) is 0.0939. The first-order valence-corrected chi connectivity index (χ1v) is 7.29. The van der Waals surface area contributed by atoms with Crippen LogP contribution in [0.3, 0.4) is 0 Å². The normalized spacial score (nSPS) is 10.7. The van der Waals surface area contributed by atoms with Gasteiger partial charge in [-0.2, -0.15) is 5.26 Å². The van der Waals surface area contributed by atoms with Gasteiger partial charge in [0.05, 0.1) is 7.11 Å². The lowest BCUT2D eigenvalue weighted by Crippen LogP contribution is -2.23. The molecule has 0 radical (unpaired) electrons. The fourth-order valence-electron chi connectivity index (χ4n) is 2.00. The summed E-state index contributed by atoms with van der Waals surface area (Å²) in [5, 5.41) is 12.5. The van der Waals surface area contributed by atoms with Crippen molar-refractivity contribution >= 4 is 23.6 Å². The van der Waals surface area contributed by atoms with E-state index in [4.69, 9.17) is 16.3 Å². The minimum atomic E-state index is -0.446. The van der Waals surface area contributed by atoms with Crippen LogP contribution in [-0.4, -0.2) is 13.0 Å². The van der Waals surface area contributed by atoms with Crippen molar-refractivity contribution in [2.75, 3.05) is 7.11 Å². The van der Waals surface area contributed by atoms with Gasteiger partial charge in [-0.3, -0.25) is 4.79 Å². The predicted octanol–water partition coefficient (Wildman–Crippen LogP) is 3.57. The van der Waals surface area contributed by atoms with Crippen molar-refractivity contribution in [3.63, 3.8) is 0 Å². The van der Waals surface area contributed by atoms with Gasteiger partial charge >= 0.3 is 0 Å². The second-order valence-electron chi connectivity index (χ2n) is 4.72. The molecular weight excluding hydrogens is 312 g/mol. The molecule has 2 aromatic carbocycles.